The van der Waals surface area contributed by atoms with Gasteiger partial charge in [0.25, 0.3) is 0 Å². The van der Waals surface area contributed by atoms with E-state index in [9.17, 15) is 9.18 Å². The van der Waals surface area contributed by atoms with Crippen molar-refractivity contribution in [2.45, 2.75) is 52.6 Å². The summed E-state index contributed by atoms with van der Waals surface area (Å²) in [6.07, 6.45) is 7.90. The molecule has 0 radical (unpaired) electrons. The molecule has 0 aliphatic carbocycles. The van der Waals surface area contributed by atoms with E-state index >= 15 is 0 Å². The first-order valence-corrected chi connectivity index (χ1v) is 11.7. The summed E-state index contributed by atoms with van der Waals surface area (Å²) in [6.45, 7) is 11.3. The van der Waals surface area contributed by atoms with Crippen LogP contribution in [0.25, 0.3) is 16.5 Å². The molecule has 0 N–H and O–H groups in total. The van der Waals surface area contributed by atoms with E-state index in [4.69, 9.17) is 0 Å². The molecule has 5 heteroatoms. The maximum absolute atomic E-state index is 13.5. The summed E-state index contributed by atoms with van der Waals surface area (Å²) in [5, 5.41) is 5.75. The van der Waals surface area contributed by atoms with Gasteiger partial charge in [0.1, 0.15) is 5.82 Å². The van der Waals surface area contributed by atoms with Crippen LogP contribution in [-0.2, 0) is 17.8 Å². The fraction of sp³-hybridized carbons (Fsp3) is 0.357. The molecular formula is C28H32FN3O. The molecule has 1 aliphatic heterocycles. The first kappa shape index (κ1) is 23.0. The van der Waals surface area contributed by atoms with Crippen LogP contribution < -0.4 is 0 Å². The minimum atomic E-state index is -0.202. The number of nitrogens with zero attached hydrogens (tertiary/aromatic N) is 3. The van der Waals surface area contributed by atoms with Crippen LogP contribution in [0, 0.1) is 18.7 Å². The van der Waals surface area contributed by atoms with E-state index in [1.165, 1.54) is 6.07 Å². The number of fused-ring (bicyclic) bond motifs is 1. The molecular weight excluding hydrogens is 413 g/mol. The number of halogens is 1. The summed E-state index contributed by atoms with van der Waals surface area (Å²) in [4.78, 5) is 14.9. The Bertz CT molecular complexity index is 1210. The molecule has 0 bridgehead atoms. The number of likely N-dealkylation sites (tertiary alicyclic amines) is 1. The Balaban J connectivity index is 1.39. The second-order valence-electron chi connectivity index (χ2n) is 9.13. The minimum absolute atomic E-state index is 0.172. The first-order chi connectivity index (χ1) is 15.9. The summed E-state index contributed by atoms with van der Waals surface area (Å²) in [7, 11) is 0. The van der Waals surface area contributed by atoms with Crippen LogP contribution in [0.1, 0.15) is 43.4 Å². The average Bonchev–Trinajstić information content (AvgIpc) is 3.38. The molecule has 2 aromatic carbocycles. The van der Waals surface area contributed by atoms with E-state index in [0.717, 1.165) is 47.1 Å². The Morgan fingerprint density at radius 1 is 1.27 bits per heavy atom. The van der Waals surface area contributed by atoms with Crippen molar-refractivity contribution < 1.29 is 9.18 Å². The summed E-state index contributed by atoms with van der Waals surface area (Å²) in [6, 6.07) is 11.7. The highest BCUT2D eigenvalue weighted by Crippen LogP contribution is 2.28. The highest BCUT2D eigenvalue weighted by atomic mass is 19.1. The number of allylic oxidation sites excluding steroid dienone is 3. The van der Waals surface area contributed by atoms with Gasteiger partial charge < -0.3 is 4.90 Å². The molecule has 4 nitrogen and oxygen atoms in total. The molecule has 0 spiro atoms. The molecule has 172 valence electrons. The predicted molar refractivity (Wildman–Crippen MR) is 132 cm³/mol. The van der Waals surface area contributed by atoms with E-state index in [2.05, 4.69) is 47.6 Å². The summed E-state index contributed by atoms with van der Waals surface area (Å²) in [5.41, 5.74) is 4.99. The normalized spacial score (nSPS) is 18.8. The third kappa shape index (κ3) is 4.92. The Labute approximate surface area is 195 Å². The summed E-state index contributed by atoms with van der Waals surface area (Å²) in [5.74, 6) is 0.343. The van der Waals surface area contributed by atoms with Crippen LogP contribution in [0.2, 0.25) is 0 Å². The Kier molecular flexibility index (Phi) is 6.77. The molecule has 2 atom stereocenters. The van der Waals surface area contributed by atoms with Gasteiger partial charge in [-0.3, -0.25) is 9.48 Å². The maximum Gasteiger partial charge on any atom is 0.223 e. The molecule has 2 heterocycles. The molecule has 1 aromatic heterocycles. The number of aryl methyl sites for hydroxylation is 2. The first-order valence-electron chi connectivity index (χ1n) is 11.7. The predicted octanol–water partition coefficient (Wildman–Crippen LogP) is 5.94. The van der Waals surface area contributed by atoms with Crippen molar-refractivity contribution in [2.24, 2.45) is 5.92 Å². The third-order valence-corrected chi connectivity index (χ3v) is 6.77. The number of carbonyl (C=O) groups is 1. The van der Waals surface area contributed by atoms with Crippen molar-refractivity contribution in [1.82, 2.24) is 14.7 Å². The zero-order valence-corrected chi connectivity index (χ0v) is 19.7. The van der Waals surface area contributed by atoms with Crippen LogP contribution in [0.4, 0.5) is 4.39 Å². The Morgan fingerprint density at radius 2 is 2.09 bits per heavy atom. The van der Waals surface area contributed by atoms with E-state index < -0.39 is 0 Å². The second kappa shape index (κ2) is 9.74. The van der Waals surface area contributed by atoms with Crippen molar-refractivity contribution in [2.75, 3.05) is 6.54 Å². The van der Waals surface area contributed by atoms with Gasteiger partial charge in [0.15, 0.2) is 0 Å². The monoisotopic (exact) mass is 445 g/mol. The van der Waals surface area contributed by atoms with Crippen LogP contribution in [0.3, 0.4) is 0 Å². The largest absolute Gasteiger partial charge is 0.340 e. The quantitative estimate of drug-likeness (QED) is 0.422. The lowest BCUT2D eigenvalue weighted by Gasteiger charge is -2.21. The van der Waals surface area contributed by atoms with E-state index in [1.807, 2.05) is 30.2 Å². The van der Waals surface area contributed by atoms with E-state index in [1.54, 1.807) is 13.0 Å². The van der Waals surface area contributed by atoms with Crippen LogP contribution in [0.5, 0.6) is 0 Å². The number of hydrogen-bond donors (Lipinski definition) is 0. The van der Waals surface area contributed by atoms with Crippen molar-refractivity contribution in [3.05, 3.63) is 83.8 Å². The topological polar surface area (TPSA) is 38.1 Å². The van der Waals surface area contributed by atoms with Gasteiger partial charge in [-0.05, 0) is 80.0 Å². The zero-order chi connectivity index (χ0) is 23.5. The van der Waals surface area contributed by atoms with Gasteiger partial charge in [-0.1, -0.05) is 36.9 Å². The van der Waals surface area contributed by atoms with Crippen LogP contribution in [0.15, 0.2) is 61.3 Å². The number of rotatable bonds is 7. The van der Waals surface area contributed by atoms with Gasteiger partial charge in [-0.15, -0.1) is 0 Å². The molecule has 1 aliphatic rings. The molecule has 1 saturated heterocycles. The van der Waals surface area contributed by atoms with Crippen LogP contribution >= 0.6 is 0 Å². The Hall–Kier alpha value is -3.21. The van der Waals surface area contributed by atoms with Crippen molar-refractivity contribution in [1.29, 1.82) is 0 Å². The van der Waals surface area contributed by atoms with Gasteiger partial charge in [-0.2, -0.15) is 5.10 Å². The highest BCUT2D eigenvalue weighted by molar-refractivity contribution is 5.85. The molecule has 1 fully saturated rings. The number of amides is 1. The zero-order valence-electron chi connectivity index (χ0n) is 19.7. The SMILES string of the molecule is C=C/C(=C\C)c1ccc2c(cnn2CC2C[C@@H](C)N(C(=O)CCc3ccc(F)c(C)c3)C2)c1. The fourth-order valence-electron chi connectivity index (χ4n) is 4.94. The van der Waals surface area contributed by atoms with Gasteiger partial charge in [-0.25, -0.2) is 4.39 Å². The average molecular weight is 446 g/mol. The number of aromatic nitrogens is 2. The van der Waals surface area contributed by atoms with E-state index in [-0.39, 0.29) is 17.8 Å². The smallest absolute Gasteiger partial charge is 0.223 e. The number of carbonyl (C=O) groups excluding carboxylic acids is 1. The summed E-state index contributed by atoms with van der Waals surface area (Å²) >= 11 is 0. The molecule has 33 heavy (non-hydrogen) atoms. The lowest BCUT2D eigenvalue weighted by molar-refractivity contribution is -0.131. The molecule has 0 saturated carbocycles. The lowest BCUT2D eigenvalue weighted by Crippen LogP contribution is -2.34. The molecule has 4 rings (SSSR count). The number of benzene rings is 2. The molecule has 1 amide bonds. The van der Waals surface area contributed by atoms with Gasteiger partial charge in [0.05, 0.1) is 11.7 Å². The Morgan fingerprint density at radius 3 is 2.82 bits per heavy atom. The second-order valence-corrected chi connectivity index (χ2v) is 9.13. The lowest BCUT2D eigenvalue weighted by atomic mass is 10.0. The maximum atomic E-state index is 13.5. The van der Waals surface area contributed by atoms with Gasteiger partial charge in [0, 0.05) is 30.9 Å². The molecule has 1 unspecified atom stereocenters. The van der Waals surface area contributed by atoms with Crippen molar-refractivity contribution in [3.63, 3.8) is 0 Å². The van der Waals surface area contributed by atoms with Crippen molar-refractivity contribution in [3.8, 4) is 0 Å². The van der Waals surface area contributed by atoms with Crippen LogP contribution in [-0.4, -0.2) is 33.2 Å². The van der Waals surface area contributed by atoms with Gasteiger partial charge in [0.2, 0.25) is 5.91 Å². The summed E-state index contributed by atoms with van der Waals surface area (Å²) < 4.78 is 15.6. The third-order valence-electron chi connectivity index (χ3n) is 6.77. The van der Waals surface area contributed by atoms with Gasteiger partial charge >= 0.3 is 0 Å². The highest BCUT2D eigenvalue weighted by Gasteiger charge is 2.32. The standard InChI is InChI=1S/C28H32FN3O/c1-5-23(6-2)24-9-11-27-25(15-24)16-30-32(27)18-22-14-20(4)31(17-22)28(33)12-8-21-7-10-26(29)19(3)13-21/h5-7,9-11,13,15-16,20,22H,1,8,12,14,17-18H2,2-4H3/b23-6+/t20-,22?/m1/s1. The molecule has 3 aromatic rings. The van der Waals surface area contributed by atoms with E-state index in [0.29, 0.717) is 24.3 Å². The van der Waals surface area contributed by atoms with Crippen molar-refractivity contribution >= 4 is 22.4 Å². The minimum Gasteiger partial charge on any atom is -0.340 e. The number of hydrogen-bond acceptors (Lipinski definition) is 2. The fourth-order valence-corrected chi connectivity index (χ4v) is 4.94.